The largest absolute Gasteiger partial charge is 0.425 e. The van der Waals surface area contributed by atoms with Crippen molar-refractivity contribution in [2.75, 3.05) is 0 Å². The van der Waals surface area contributed by atoms with Crippen LogP contribution in [0.15, 0.2) is 30.6 Å². The second-order valence-corrected chi connectivity index (χ2v) is 8.20. The van der Waals surface area contributed by atoms with Crippen LogP contribution in [0.1, 0.15) is 88.7 Å². The van der Waals surface area contributed by atoms with E-state index in [1.54, 1.807) is 25.1 Å². The van der Waals surface area contributed by atoms with E-state index in [9.17, 15) is 10.1 Å². The molecule has 1 aliphatic carbocycles. The number of carbonyl (C=O) groups excluding carboxylic acids is 1. The van der Waals surface area contributed by atoms with E-state index in [2.05, 4.69) is 23.0 Å². The summed E-state index contributed by atoms with van der Waals surface area (Å²) in [7, 11) is 0. The molecular weight excluding hydrogens is 374 g/mol. The molecule has 30 heavy (non-hydrogen) atoms. The third kappa shape index (κ3) is 5.66. The Labute approximate surface area is 179 Å². The van der Waals surface area contributed by atoms with Crippen LogP contribution in [0.3, 0.4) is 0 Å². The molecule has 1 aromatic heterocycles. The molecule has 5 heteroatoms. The van der Waals surface area contributed by atoms with Crippen LogP contribution >= 0.6 is 0 Å². The molecule has 0 unspecified atom stereocenters. The molecule has 1 saturated carbocycles. The fourth-order valence-electron chi connectivity index (χ4n) is 4.21. The number of benzene rings is 1. The van der Waals surface area contributed by atoms with Crippen molar-refractivity contribution in [1.82, 2.24) is 9.97 Å². The molecule has 0 bridgehead atoms. The summed E-state index contributed by atoms with van der Waals surface area (Å²) in [4.78, 5) is 20.6. The molecule has 5 nitrogen and oxygen atoms in total. The van der Waals surface area contributed by atoms with Gasteiger partial charge in [-0.15, -0.1) is 0 Å². The van der Waals surface area contributed by atoms with E-state index in [-0.39, 0.29) is 18.1 Å². The predicted octanol–water partition coefficient (Wildman–Crippen LogP) is 6.18. The summed E-state index contributed by atoms with van der Waals surface area (Å²) < 4.78 is 5.21. The number of nitrogens with zero attached hydrogens (tertiary/aromatic N) is 3. The van der Waals surface area contributed by atoms with Gasteiger partial charge in [0.05, 0.1) is 5.56 Å². The van der Waals surface area contributed by atoms with Gasteiger partial charge in [0, 0.05) is 24.4 Å². The van der Waals surface area contributed by atoms with Gasteiger partial charge in [0.2, 0.25) is 0 Å². The van der Waals surface area contributed by atoms with Crippen LogP contribution in [0.4, 0.5) is 0 Å². The Morgan fingerprint density at radius 3 is 2.50 bits per heavy atom. The minimum Gasteiger partial charge on any atom is -0.425 e. The lowest BCUT2D eigenvalue weighted by atomic mass is 9.77. The molecule has 0 amide bonds. The van der Waals surface area contributed by atoms with Gasteiger partial charge in [-0.1, -0.05) is 39.5 Å². The van der Waals surface area contributed by atoms with Gasteiger partial charge in [-0.3, -0.25) is 4.79 Å². The van der Waals surface area contributed by atoms with E-state index in [0.29, 0.717) is 17.3 Å². The lowest BCUT2D eigenvalue weighted by Gasteiger charge is -2.28. The molecule has 158 valence electrons. The molecule has 0 radical (unpaired) electrons. The molecular formula is C25H31N3O2. The lowest BCUT2D eigenvalue weighted by molar-refractivity contribution is -0.134. The third-order valence-electron chi connectivity index (χ3n) is 6.08. The van der Waals surface area contributed by atoms with Gasteiger partial charge < -0.3 is 4.74 Å². The van der Waals surface area contributed by atoms with Crippen LogP contribution in [0, 0.1) is 17.2 Å². The van der Waals surface area contributed by atoms with Crippen molar-refractivity contribution in [3.63, 3.8) is 0 Å². The summed E-state index contributed by atoms with van der Waals surface area (Å²) in [6.45, 7) is 3.98. The van der Waals surface area contributed by atoms with Crippen molar-refractivity contribution < 1.29 is 9.53 Å². The molecule has 0 atom stereocenters. The quantitative estimate of drug-likeness (QED) is 0.297. The topological polar surface area (TPSA) is 75.9 Å². The second kappa shape index (κ2) is 10.9. The predicted molar refractivity (Wildman–Crippen MR) is 117 cm³/mol. The molecule has 1 fully saturated rings. The van der Waals surface area contributed by atoms with Crippen LogP contribution in [0.2, 0.25) is 0 Å². The lowest BCUT2D eigenvalue weighted by Crippen LogP contribution is -2.14. The zero-order valence-corrected chi connectivity index (χ0v) is 18.1. The number of hydrogen-bond donors (Lipinski definition) is 0. The van der Waals surface area contributed by atoms with Crippen molar-refractivity contribution in [2.45, 2.75) is 77.6 Å². The van der Waals surface area contributed by atoms with E-state index in [1.165, 1.54) is 56.9 Å². The maximum Gasteiger partial charge on any atom is 0.310 e. The number of unbranched alkanes of at least 4 members (excludes halogenated alkanes) is 2. The number of carbonyl (C=O) groups is 1. The van der Waals surface area contributed by atoms with E-state index in [0.717, 1.165) is 11.5 Å². The van der Waals surface area contributed by atoms with E-state index in [1.807, 2.05) is 12.4 Å². The molecule has 0 spiro atoms. The van der Waals surface area contributed by atoms with Crippen LogP contribution in [0.5, 0.6) is 5.75 Å². The highest BCUT2D eigenvalue weighted by molar-refractivity contribution is 5.73. The van der Waals surface area contributed by atoms with Crippen molar-refractivity contribution >= 4 is 5.97 Å². The first-order valence-corrected chi connectivity index (χ1v) is 11.2. The van der Waals surface area contributed by atoms with Gasteiger partial charge >= 0.3 is 5.97 Å². The highest BCUT2D eigenvalue weighted by Crippen LogP contribution is 2.37. The van der Waals surface area contributed by atoms with Crippen LogP contribution in [-0.2, 0) is 4.79 Å². The van der Waals surface area contributed by atoms with Gasteiger partial charge in [0.25, 0.3) is 0 Å². The number of hydrogen-bond acceptors (Lipinski definition) is 5. The normalized spacial score (nSPS) is 18.6. The Kier molecular flexibility index (Phi) is 7.96. The third-order valence-corrected chi connectivity index (χ3v) is 6.08. The van der Waals surface area contributed by atoms with E-state index >= 15 is 0 Å². The molecule has 0 saturated heterocycles. The number of aromatic nitrogens is 2. The fraction of sp³-hybridized carbons (Fsp3) is 0.520. The second-order valence-electron chi connectivity index (χ2n) is 8.20. The Morgan fingerprint density at radius 1 is 1.13 bits per heavy atom. The van der Waals surface area contributed by atoms with Gasteiger partial charge in [-0.25, -0.2) is 9.97 Å². The van der Waals surface area contributed by atoms with E-state index < -0.39 is 0 Å². The molecule has 3 rings (SSSR count). The van der Waals surface area contributed by atoms with Crippen LogP contribution in [0.25, 0.3) is 11.4 Å². The van der Waals surface area contributed by atoms with Crippen molar-refractivity contribution in [1.29, 1.82) is 5.26 Å². The summed E-state index contributed by atoms with van der Waals surface area (Å²) in [6, 6.07) is 7.19. The van der Waals surface area contributed by atoms with Crippen LogP contribution in [-0.4, -0.2) is 15.9 Å². The summed E-state index contributed by atoms with van der Waals surface area (Å²) in [5.41, 5.74) is 2.26. The van der Waals surface area contributed by atoms with Gasteiger partial charge in [-0.2, -0.15) is 5.26 Å². The van der Waals surface area contributed by atoms with E-state index in [4.69, 9.17) is 4.74 Å². The Bertz CT molecular complexity index is 878. The molecule has 1 aliphatic rings. The number of esters is 1. The van der Waals surface area contributed by atoms with Crippen molar-refractivity contribution in [3.05, 3.63) is 41.7 Å². The van der Waals surface area contributed by atoms with Crippen molar-refractivity contribution in [2.24, 2.45) is 5.92 Å². The van der Waals surface area contributed by atoms with Crippen LogP contribution < -0.4 is 4.74 Å². The minimum absolute atomic E-state index is 0.262. The first-order chi connectivity index (χ1) is 14.6. The fourth-order valence-corrected chi connectivity index (χ4v) is 4.21. The van der Waals surface area contributed by atoms with Gasteiger partial charge in [0.1, 0.15) is 11.8 Å². The number of nitriles is 1. The Hall–Kier alpha value is -2.74. The Balaban J connectivity index is 1.63. The minimum atomic E-state index is -0.361. The van der Waals surface area contributed by atoms with Crippen molar-refractivity contribution in [3.8, 4) is 23.2 Å². The zero-order chi connectivity index (χ0) is 21.3. The average molecular weight is 406 g/mol. The average Bonchev–Trinajstić information content (AvgIpc) is 2.80. The Morgan fingerprint density at radius 2 is 1.87 bits per heavy atom. The van der Waals surface area contributed by atoms with Gasteiger partial charge in [0.15, 0.2) is 5.82 Å². The SMILES string of the molecule is CCCCC[C@H]1CC[C@H](c2cnc(-c3ccc(OC(=O)CC)c(C#N)c3)nc2)CC1. The zero-order valence-electron chi connectivity index (χ0n) is 18.1. The number of rotatable bonds is 8. The molecule has 1 aromatic carbocycles. The molecule has 0 N–H and O–H groups in total. The first-order valence-electron chi connectivity index (χ1n) is 11.2. The standard InChI is InChI=1S/C25H31N3O2/c1-3-5-6-7-18-8-10-19(11-9-18)22-16-27-25(28-17-22)20-12-13-23(21(14-20)15-26)30-24(29)4-2/h12-14,16-19H,3-11H2,1-2H3/t18-,19-. The maximum absolute atomic E-state index is 11.5. The molecule has 1 heterocycles. The summed E-state index contributed by atoms with van der Waals surface area (Å²) in [6.07, 6.45) is 14.6. The smallest absolute Gasteiger partial charge is 0.310 e. The summed E-state index contributed by atoms with van der Waals surface area (Å²) in [5, 5.41) is 9.40. The highest BCUT2D eigenvalue weighted by Gasteiger charge is 2.22. The first kappa shape index (κ1) is 22.0. The summed E-state index contributed by atoms with van der Waals surface area (Å²) in [5.74, 6) is 1.93. The van der Waals surface area contributed by atoms with Gasteiger partial charge in [-0.05, 0) is 61.3 Å². The maximum atomic E-state index is 11.5. The molecule has 0 aliphatic heterocycles. The highest BCUT2D eigenvalue weighted by atomic mass is 16.5. The number of ether oxygens (including phenoxy) is 1. The molecule has 2 aromatic rings. The monoisotopic (exact) mass is 405 g/mol. The summed E-state index contributed by atoms with van der Waals surface area (Å²) >= 11 is 0.